The van der Waals surface area contributed by atoms with Crippen LogP contribution in [0.5, 0.6) is 0 Å². The monoisotopic (exact) mass is 448 g/mol. The number of ketones is 1. The summed E-state index contributed by atoms with van der Waals surface area (Å²) in [6.07, 6.45) is 5.53. The van der Waals surface area contributed by atoms with Gasteiger partial charge in [-0.2, -0.15) is 0 Å². The van der Waals surface area contributed by atoms with E-state index in [4.69, 9.17) is 4.74 Å². The fraction of sp³-hybridized carbons (Fsp3) is 0.476. The number of rotatable bonds is 6. The van der Waals surface area contributed by atoms with Crippen LogP contribution in [0.3, 0.4) is 0 Å². The van der Waals surface area contributed by atoms with Crippen LogP contribution in [-0.2, 0) is 16.1 Å². The van der Waals surface area contributed by atoms with Crippen LogP contribution in [0.2, 0.25) is 0 Å². The van der Waals surface area contributed by atoms with Crippen molar-refractivity contribution >= 4 is 44.5 Å². The second-order valence-electron chi connectivity index (χ2n) is 7.14. The fourth-order valence-electron chi connectivity index (χ4n) is 4.18. The number of halogens is 1. The Labute approximate surface area is 172 Å². The Morgan fingerprint density at radius 3 is 2.54 bits per heavy atom. The number of carbonyl (C=O) groups excluding carboxylic acids is 3. The molecule has 1 saturated carbocycles. The van der Waals surface area contributed by atoms with Gasteiger partial charge in [-0.25, -0.2) is 4.79 Å². The van der Waals surface area contributed by atoms with Crippen LogP contribution in [0.25, 0.3) is 10.9 Å². The molecule has 0 unspecified atom stereocenters. The molecule has 0 aliphatic heterocycles. The second kappa shape index (κ2) is 8.90. The van der Waals surface area contributed by atoms with Gasteiger partial charge in [-0.15, -0.1) is 0 Å². The zero-order valence-electron chi connectivity index (χ0n) is 16.2. The van der Waals surface area contributed by atoms with Crippen LogP contribution in [0.1, 0.15) is 64.4 Å². The number of fused-ring (bicyclic) bond motifs is 1. The molecule has 1 aromatic heterocycles. The van der Waals surface area contributed by atoms with E-state index in [1.54, 1.807) is 23.7 Å². The average Bonchev–Trinajstić information content (AvgIpc) is 3.06. The van der Waals surface area contributed by atoms with E-state index in [1.807, 2.05) is 6.07 Å². The van der Waals surface area contributed by atoms with E-state index < -0.39 is 5.97 Å². The lowest BCUT2D eigenvalue weighted by molar-refractivity contribution is -0.121. The number of benzene rings is 1. The molecule has 1 fully saturated rings. The van der Waals surface area contributed by atoms with E-state index in [9.17, 15) is 14.4 Å². The predicted octanol–water partition coefficient (Wildman–Crippen LogP) is 3.80. The Hall–Kier alpha value is -2.15. The number of hydrogen-bond acceptors (Lipinski definition) is 4. The molecule has 1 N–H and O–H groups in total. The van der Waals surface area contributed by atoms with Crippen LogP contribution in [-0.4, -0.2) is 41.7 Å². The molecule has 1 aromatic carbocycles. The number of alkyl halides is 1. The summed E-state index contributed by atoms with van der Waals surface area (Å²) in [6.45, 7) is 0.0262. The van der Waals surface area contributed by atoms with Crippen molar-refractivity contribution in [2.45, 2.75) is 44.6 Å². The molecular weight excluding hydrogens is 424 g/mol. The van der Waals surface area contributed by atoms with Gasteiger partial charge in [0.25, 0.3) is 0 Å². The first-order valence-corrected chi connectivity index (χ1v) is 10.7. The van der Waals surface area contributed by atoms with Crippen LogP contribution in [0, 0.1) is 0 Å². The topological polar surface area (TPSA) is 77.4 Å². The lowest BCUT2D eigenvalue weighted by atomic mass is 9.82. The molecule has 2 aromatic rings. The molecule has 0 radical (unpaired) electrons. The van der Waals surface area contributed by atoms with Gasteiger partial charge >= 0.3 is 5.97 Å². The summed E-state index contributed by atoms with van der Waals surface area (Å²) in [6, 6.07) is 5.34. The number of Topliss-reactive ketones (excluding diaryl/α,β-unsaturated/α-hetero) is 1. The third-order valence-electron chi connectivity index (χ3n) is 5.50. The minimum atomic E-state index is -0.442. The maximum Gasteiger partial charge on any atom is 0.337 e. The number of amides is 1. The molecule has 6 nitrogen and oxygen atoms in total. The Kier molecular flexibility index (Phi) is 6.54. The maximum absolute atomic E-state index is 12.9. The molecule has 1 aliphatic carbocycles. The Bertz CT molecular complexity index is 913. The zero-order chi connectivity index (χ0) is 20.3. The number of nitrogens with one attached hydrogen (secondary N) is 1. The van der Waals surface area contributed by atoms with Gasteiger partial charge in [0.05, 0.1) is 29.2 Å². The predicted molar refractivity (Wildman–Crippen MR) is 111 cm³/mol. The Balaban J connectivity index is 2.29. The quantitative estimate of drug-likeness (QED) is 0.414. The van der Waals surface area contributed by atoms with E-state index in [2.05, 4.69) is 21.2 Å². The molecule has 150 valence electrons. The number of methoxy groups -OCH3 is 1. The molecule has 3 rings (SSSR count). The van der Waals surface area contributed by atoms with Crippen molar-refractivity contribution in [2.24, 2.45) is 0 Å². The Morgan fingerprint density at radius 2 is 1.93 bits per heavy atom. The molecule has 1 amide bonds. The van der Waals surface area contributed by atoms with Crippen molar-refractivity contribution in [3.63, 3.8) is 0 Å². The van der Waals surface area contributed by atoms with Crippen LogP contribution in [0.4, 0.5) is 0 Å². The first kappa shape index (κ1) is 20.6. The number of esters is 1. The summed E-state index contributed by atoms with van der Waals surface area (Å²) in [5, 5.41) is 3.74. The minimum absolute atomic E-state index is 0.0262. The van der Waals surface area contributed by atoms with Gasteiger partial charge in [-0.1, -0.05) is 41.3 Å². The smallest absolute Gasteiger partial charge is 0.337 e. The maximum atomic E-state index is 12.9. The molecule has 0 atom stereocenters. The molecule has 7 heteroatoms. The third-order valence-corrected chi connectivity index (χ3v) is 6.01. The molecule has 1 aliphatic rings. The standard InChI is InChI=1S/C21H25BrN2O4/c1-23-18(26)12-24-16-10-14(21(27)28-2)8-9-15(16)19(20(24)17(25)11-22)13-6-4-3-5-7-13/h8-10,13H,3-7,11-12H2,1-2H3,(H,23,26). The second-order valence-corrected chi connectivity index (χ2v) is 7.70. The van der Waals surface area contributed by atoms with Crippen molar-refractivity contribution in [3.05, 3.63) is 35.0 Å². The lowest BCUT2D eigenvalue weighted by Gasteiger charge is -2.23. The number of ether oxygens (including phenoxy) is 1. The van der Waals surface area contributed by atoms with Crippen LogP contribution < -0.4 is 5.32 Å². The fourth-order valence-corrected chi connectivity index (χ4v) is 4.44. The van der Waals surface area contributed by atoms with Gasteiger partial charge in [0.2, 0.25) is 5.91 Å². The van der Waals surface area contributed by atoms with E-state index in [1.165, 1.54) is 13.5 Å². The highest BCUT2D eigenvalue weighted by atomic mass is 79.9. The number of aromatic nitrogens is 1. The number of carbonyl (C=O) groups is 3. The molecule has 0 saturated heterocycles. The Morgan fingerprint density at radius 1 is 1.21 bits per heavy atom. The highest BCUT2D eigenvalue weighted by molar-refractivity contribution is 9.09. The minimum Gasteiger partial charge on any atom is -0.465 e. The zero-order valence-corrected chi connectivity index (χ0v) is 17.8. The summed E-state index contributed by atoms with van der Waals surface area (Å²) in [5.41, 5.74) is 2.71. The largest absolute Gasteiger partial charge is 0.465 e. The van der Waals surface area contributed by atoms with Crippen molar-refractivity contribution in [1.29, 1.82) is 0 Å². The summed E-state index contributed by atoms with van der Waals surface area (Å²) in [7, 11) is 2.91. The van der Waals surface area contributed by atoms with Crippen molar-refractivity contribution in [3.8, 4) is 0 Å². The number of likely N-dealkylation sites (N-methyl/N-ethyl adjacent to an activating group) is 1. The summed E-state index contributed by atoms with van der Waals surface area (Å²) in [4.78, 5) is 37.2. The van der Waals surface area contributed by atoms with Gasteiger partial charge in [-0.05, 0) is 36.5 Å². The molecular formula is C21H25BrN2O4. The highest BCUT2D eigenvalue weighted by Crippen LogP contribution is 2.40. The van der Waals surface area contributed by atoms with Gasteiger partial charge in [0, 0.05) is 12.4 Å². The van der Waals surface area contributed by atoms with Gasteiger partial charge in [-0.3, -0.25) is 9.59 Å². The summed E-state index contributed by atoms with van der Waals surface area (Å²) >= 11 is 3.30. The molecule has 28 heavy (non-hydrogen) atoms. The molecule has 1 heterocycles. The highest BCUT2D eigenvalue weighted by Gasteiger charge is 2.29. The van der Waals surface area contributed by atoms with E-state index in [0.29, 0.717) is 11.3 Å². The van der Waals surface area contributed by atoms with Crippen LogP contribution in [0.15, 0.2) is 18.2 Å². The first-order valence-electron chi connectivity index (χ1n) is 9.56. The first-order chi connectivity index (χ1) is 13.5. The van der Waals surface area contributed by atoms with E-state index >= 15 is 0 Å². The number of hydrogen-bond donors (Lipinski definition) is 1. The van der Waals surface area contributed by atoms with E-state index in [-0.39, 0.29) is 29.5 Å². The summed E-state index contributed by atoms with van der Waals surface area (Å²) < 4.78 is 6.61. The average molecular weight is 449 g/mol. The van der Waals surface area contributed by atoms with Gasteiger partial charge in [0.15, 0.2) is 5.78 Å². The van der Waals surface area contributed by atoms with Crippen molar-refractivity contribution in [2.75, 3.05) is 19.5 Å². The van der Waals surface area contributed by atoms with Gasteiger partial charge < -0.3 is 14.6 Å². The normalized spacial score (nSPS) is 14.8. The summed E-state index contributed by atoms with van der Waals surface area (Å²) in [5.74, 6) is -0.411. The van der Waals surface area contributed by atoms with Crippen LogP contribution >= 0.6 is 15.9 Å². The van der Waals surface area contributed by atoms with Crippen molar-refractivity contribution < 1.29 is 19.1 Å². The third kappa shape index (κ3) is 3.85. The van der Waals surface area contributed by atoms with E-state index in [0.717, 1.165) is 42.1 Å². The van der Waals surface area contributed by atoms with Gasteiger partial charge in [0.1, 0.15) is 6.54 Å². The molecule has 0 bridgehead atoms. The number of nitrogens with zero attached hydrogens (tertiary/aromatic N) is 1. The SMILES string of the molecule is CNC(=O)Cn1c(C(=O)CBr)c(C2CCCCC2)c2ccc(C(=O)OC)cc21. The lowest BCUT2D eigenvalue weighted by Crippen LogP contribution is -2.26. The molecule has 0 spiro atoms. The van der Waals surface area contributed by atoms with Crippen molar-refractivity contribution in [1.82, 2.24) is 9.88 Å².